The molecule has 0 saturated heterocycles. The van der Waals surface area contributed by atoms with Gasteiger partial charge in [0.05, 0.1) is 13.0 Å². The Bertz CT molecular complexity index is 1360. The summed E-state index contributed by atoms with van der Waals surface area (Å²) in [4.78, 5) is 54.9. The molecule has 0 bridgehead atoms. The molecule has 0 aliphatic heterocycles. The monoisotopic (exact) mass is 588 g/mol. The Kier molecular flexibility index (Phi) is 12.2. The molecule has 0 unspecified atom stereocenters. The summed E-state index contributed by atoms with van der Waals surface area (Å²) in [5.74, 6) is -2.38. The van der Waals surface area contributed by atoms with Crippen molar-refractivity contribution in [3.8, 4) is 0 Å². The van der Waals surface area contributed by atoms with Crippen molar-refractivity contribution >= 4 is 23.7 Å². The van der Waals surface area contributed by atoms with Gasteiger partial charge in [0.25, 0.3) is 5.96 Å². The maximum Gasteiger partial charge on any atom is 0.305 e. The first-order chi connectivity index (χ1) is 20.7. The smallest absolute Gasteiger partial charge is 0.305 e. The zero-order valence-corrected chi connectivity index (χ0v) is 23.9. The normalized spacial score (nSPS) is 11.9. The van der Waals surface area contributed by atoms with E-state index in [1.807, 2.05) is 84.9 Å². The van der Waals surface area contributed by atoms with Crippen molar-refractivity contribution in [1.29, 1.82) is 0 Å². The molecule has 0 fully saturated rings. The van der Waals surface area contributed by atoms with Crippen LogP contribution in [-0.4, -0.2) is 53.4 Å². The van der Waals surface area contributed by atoms with Crippen LogP contribution >= 0.6 is 0 Å². The van der Waals surface area contributed by atoms with Crippen LogP contribution in [0.3, 0.4) is 0 Å². The summed E-state index contributed by atoms with van der Waals surface area (Å²) >= 11 is 0. The summed E-state index contributed by atoms with van der Waals surface area (Å²) in [7, 11) is 1.34. The molecule has 226 valence electrons. The second kappa shape index (κ2) is 16.2. The number of hydrazine groups is 1. The van der Waals surface area contributed by atoms with Gasteiger partial charge in [0, 0.05) is 19.5 Å². The number of nitro groups is 1. The van der Waals surface area contributed by atoms with Gasteiger partial charge in [0.2, 0.25) is 11.8 Å². The second-order valence-electron chi connectivity index (χ2n) is 9.81. The summed E-state index contributed by atoms with van der Waals surface area (Å²) in [5, 5.41) is 9.76. The van der Waals surface area contributed by atoms with Crippen molar-refractivity contribution in [3.05, 3.63) is 117 Å². The zero-order valence-electron chi connectivity index (χ0n) is 23.9. The van der Waals surface area contributed by atoms with E-state index in [2.05, 4.69) is 4.99 Å². The molecule has 3 aromatic carbocycles. The van der Waals surface area contributed by atoms with E-state index in [1.165, 1.54) is 12.0 Å². The third kappa shape index (κ3) is 9.95. The molecule has 43 heavy (non-hydrogen) atoms. The molecule has 0 spiro atoms. The predicted octanol–water partition coefficient (Wildman–Crippen LogP) is 2.68. The lowest BCUT2D eigenvalue weighted by atomic mass is 9.89. The highest BCUT2D eigenvalue weighted by molar-refractivity contribution is 5.92. The van der Waals surface area contributed by atoms with E-state index in [0.29, 0.717) is 6.42 Å². The summed E-state index contributed by atoms with van der Waals surface area (Å²) in [6.07, 6.45) is 1.18. The van der Waals surface area contributed by atoms with E-state index in [0.717, 1.165) is 22.3 Å². The number of hydrogen-bond donors (Lipinski definition) is 3. The molecule has 5 N–H and O–H groups in total. The minimum Gasteiger partial charge on any atom is -0.469 e. The number of methoxy groups -OCH3 is 1. The molecule has 12 nitrogen and oxygen atoms in total. The number of ether oxygens (including phenoxy) is 1. The van der Waals surface area contributed by atoms with Crippen molar-refractivity contribution in [2.75, 3.05) is 13.7 Å². The molecule has 12 heteroatoms. The number of rotatable bonds is 15. The number of carbonyl (C=O) groups excluding carboxylic acids is 3. The van der Waals surface area contributed by atoms with Crippen LogP contribution in [0.25, 0.3) is 0 Å². The van der Waals surface area contributed by atoms with Gasteiger partial charge in [-0.2, -0.15) is 0 Å². The first-order valence-electron chi connectivity index (χ1n) is 13.7. The Morgan fingerprint density at radius 1 is 0.930 bits per heavy atom. The molecule has 3 rings (SSSR count). The fraction of sp³-hybridized carbons (Fsp3) is 0.290. The van der Waals surface area contributed by atoms with Crippen LogP contribution in [0.2, 0.25) is 0 Å². The number of hydrogen-bond acceptors (Lipinski definition) is 7. The van der Waals surface area contributed by atoms with Crippen molar-refractivity contribution in [1.82, 2.24) is 10.3 Å². The van der Waals surface area contributed by atoms with E-state index < -0.39 is 22.9 Å². The summed E-state index contributed by atoms with van der Waals surface area (Å²) in [6, 6.07) is 25.0. The van der Waals surface area contributed by atoms with Gasteiger partial charge in [0.15, 0.2) is 5.03 Å². The van der Waals surface area contributed by atoms with Gasteiger partial charge in [-0.1, -0.05) is 90.4 Å². The van der Waals surface area contributed by atoms with E-state index in [-0.39, 0.29) is 50.2 Å². The van der Waals surface area contributed by atoms with Crippen molar-refractivity contribution in [2.45, 2.75) is 44.2 Å². The Morgan fingerprint density at radius 3 is 2.00 bits per heavy atom. The summed E-state index contributed by atoms with van der Waals surface area (Å²) < 4.78 is 4.71. The highest BCUT2D eigenvalue weighted by Gasteiger charge is 2.34. The van der Waals surface area contributed by atoms with Crippen LogP contribution in [0.5, 0.6) is 0 Å². The average molecular weight is 589 g/mol. The zero-order chi connectivity index (χ0) is 31.2. The van der Waals surface area contributed by atoms with Gasteiger partial charge < -0.3 is 21.1 Å². The molecule has 2 amide bonds. The quantitative estimate of drug-likeness (QED) is 0.0604. The maximum atomic E-state index is 14.5. The lowest BCUT2D eigenvalue weighted by Crippen LogP contribution is -2.49. The van der Waals surface area contributed by atoms with Crippen LogP contribution in [-0.2, 0) is 32.1 Å². The van der Waals surface area contributed by atoms with Crippen LogP contribution in [0, 0.1) is 10.1 Å². The topological polar surface area (TPSA) is 183 Å². The number of guanidine groups is 1. The number of aliphatic imine (C=N–C) groups is 1. The Balaban J connectivity index is 1.94. The van der Waals surface area contributed by atoms with E-state index in [9.17, 15) is 24.5 Å². The van der Waals surface area contributed by atoms with E-state index >= 15 is 0 Å². The number of nitrogens with two attached hydrogens (primary N) is 2. The predicted molar refractivity (Wildman–Crippen MR) is 161 cm³/mol. The van der Waals surface area contributed by atoms with Crippen molar-refractivity contribution in [3.63, 3.8) is 0 Å². The van der Waals surface area contributed by atoms with Crippen molar-refractivity contribution in [2.24, 2.45) is 16.5 Å². The molecule has 0 aliphatic carbocycles. The molecule has 0 radical (unpaired) electrons. The highest BCUT2D eigenvalue weighted by Crippen LogP contribution is 2.29. The minimum atomic E-state index is -0.999. The van der Waals surface area contributed by atoms with Crippen LogP contribution in [0.15, 0.2) is 89.9 Å². The third-order valence-corrected chi connectivity index (χ3v) is 6.85. The first kappa shape index (κ1) is 32.3. The van der Waals surface area contributed by atoms with Crippen LogP contribution in [0.4, 0.5) is 0 Å². The molecule has 1 atom stereocenters. The second-order valence-corrected chi connectivity index (χ2v) is 9.81. The molecule has 0 heterocycles. The minimum absolute atomic E-state index is 0.0776. The SMILES string of the molecule is COC(=O)CCc1ccc(CN(C(=O)C(c2ccccc2)c2ccccc2)[C@H](CCCN=C(N)N[N+](=O)[O-])C(N)=O)cc1. The standard InChI is InChI=1S/C31H36N6O6/c1-43-27(38)19-18-22-14-16-23(17-15-22)21-36(26(29(32)39)13-8-20-34-31(33)35-37(41)42)30(40)28(24-9-4-2-5-10-24)25-11-6-3-7-12-25/h2-7,9-12,14-17,26,28H,8,13,18-21H2,1H3,(H2,32,39)(H3,33,34,35)/t26-/m1/s1. The molecule has 3 aromatic rings. The Morgan fingerprint density at radius 2 is 1.49 bits per heavy atom. The summed E-state index contributed by atoms with van der Waals surface area (Å²) in [6.45, 7) is 0.169. The number of benzene rings is 3. The Hall–Kier alpha value is -5.26. The molecule has 0 aliphatic rings. The van der Waals surface area contributed by atoms with Gasteiger partial charge >= 0.3 is 5.97 Å². The van der Waals surface area contributed by atoms with Crippen LogP contribution < -0.4 is 16.9 Å². The summed E-state index contributed by atoms with van der Waals surface area (Å²) in [5.41, 5.74) is 16.4. The van der Waals surface area contributed by atoms with E-state index in [1.54, 1.807) is 5.43 Å². The van der Waals surface area contributed by atoms with Crippen molar-refractivity contribution < 1.29 is 24.2 Å². The molecule has 0 aromatic heterocycles. The largest absolute Gasteiger partial charge is 0.469 e. The number of amides is 2. The lowest BCUT2D eigenvalue weighted by Gasteiger charge is -2.33. The highest BCUT2D eigenvalue weighted by atomic mass is 16.7. The van der Waals surface area contributed by atoms with Gasteiger partial charge in [0.1, 0.15) is 6.04 Å². The third-order valence-electron chi connectivity index (χ3n) is 6.85. The van der Waals surface area contributed by atoms with Gasteiger partial charge in [-0.15, -0.1) is 0 Å². The number of primary amides is 1. The van der Waals surface area contributed by atoms with E-state index in [4.69, 9.17) is 16.2 Å². The fourth-order valence-electron chi connectivity index (χ4n) is 4.70. The number of esters is 1. The molecule has 0 saturated carbocycles. The Labute approximate surface area is 249 Å². The number of aryl methyl sites for hydroxylation is 1. The average Bonchev–Trinajstić information content (AvgIpc) is 3.00. The fourth-order valence-corrected chi connectivity index (χ4v) is 4.70. The number of nitrogens with zero attached hydrogens (tertiary/aromatic N) is 3. The van der Waals surface area contributed by atoms with Gasteiger partial charge in [-0.3, -0.25) is 14.4 Å². The van der Waals surface area contributed by atoms with Gasteiger partial charge in [-0.05, 0) is 41.5 Å². The maximum absolute atomic E-state index is 14.5. The van der Waals surface area contributed by atoms with Gasteiger partial charge in [-0.25, -0.2) is 15.1 Å². The lowest BCUT2D eigenvalue weighted by molar-refractivity contribution is -0.525. The van der Waals surface area contributed by atoms with Crippen LogP contribution in [0.1, 0.15) is 47.4 Å². The number of carbonyl (C=O) groups is 3. The number of nitrogens with one attached hydrogen (secondary N) is 1. The molecular weight excluding hydrogens is 552 g/mol. The first-order valence-corrected chi connectivity index (χ1v) is 13.7. The molecular formula is C31H36N6O6.